The van der Waals surface area contributed by atoms with Crippen LogP contribution in [0, 0.1) is 17.8 Å². The first-order valence-corrected chi connectivity index (χ1v) is 41.8. The highest BCUT2D eigenvalue weighted by molar-refractivity contribution is 7.47. The second kappa shape index (κ2) is 65.7. The lowest BCUT2D eigenvalue weighted by atomic mass is 10.0. The molecule has 0 aromatic rings. The molecule has 0 fully saturated rings. The van der Waals surface area contributed by atoms with Crippen LogP contribution in [0.1, 0.15) is 382 Å². The van der Waals surface area contributed by atoms with Crippen LogP contribution in [0.4, 0.5) is 0 Å². The summed E-state index contributed by atoms with van der Waals surface area (Å²) in [5.41, 5.74) is 0. The Labute approximate surface area is 575 Å². The van der Waals surface area contributed by atoms with Crippen LogP contribution in [0.25, 0.3) is 0 Å². The van der Waals surface area contributed by atoms with Crippen LogP contribution >= 0.6 is 15.6 Å². The minimum absolute atomic E-state index is 0.104. The van der Waals surface area contributed by atoms with Crippen LogP contribution in [-0.2, 0) is 65.4 Å². The Bertz CT molecular complexity index is 1840. The van der Waals surface area contributed by atoms with Crippen molar-refractivity contribution in [1.82, 2.24) is 0 Å². The SMILES string of the molecule is CCCCCCCCCCC(=O)OC[C@H](COP(=O)(O)OC[C@H](O)COP(=O)(O)OC[C@@H](COC(=O)CCCCCCCCCCCCCC(C)C)OC(=O)CCCCCCCCCCCCCCCCCCCCC(C)C)OC(=O)CCCCCCCCCCC(C)C. The van der Waals surface area contributed by atoms with Crippen molar-refractivity contribution < 1.29 is 80.2 Å². The normalized spacial score (nSPS) is 14.1. The highest BCUT2D eigenvalue weighted by Crippen LogP contribution is 2.45. The molecular weight excluding hydrogens is 1230 g/mol. The predicted octanol–water partition coefficient (Wildman–Crippen LogP) is 21.8. The van der Waals surface area contributed by atoms with Gasteiger partial charge in [-0.3, -0.25) is 37.3 Å². The Morgan fingerprint density at radius 3 is 0.723 bits per heavy atom. The molecule has 0 aliphatic heterocycles. The van der Waals surface area contributed by atoms with E-state index in [4.69, 9.17) is 37.0 Å². The first-order chi connectivity index (χ1) is 45.2. The van der Waals surface area contributed by atoms with Crippen LogP contribution < -0.4 is 0 Å². The van der Waals surface area contributed by atoms with Crippen LogP contribution in [0.5, 0.6) is 0 Å². The number of hydrogen-bond acceptors (Lipinski definition) is 15. The molecule has 0 saturated carbocycles. The number of esters is 4. The summed E-state index contributed by atoms with van der Waals surface area (Å²) < 4.78 is 68.4. The van der Waals surface area contributed by atoms with Gasteiger partial charge in [-0.2, -0.15) is 0 Å². The average Bonchev–Trinajstić information content (AvgIpc) is 1.79. The molecule has 94 heavy (non-hydrogen) atoms. The summed E-state index contributed by atoms with van der Waals surface area (Å²) in [5, 5.41) is 10.6. The van der Waals surface area contributed by atoms with Gasteiger partial charge in [0.2, 0.25) is 0 Å². The molecule has 0 aromatic carbocycles. The van der Waals surface area contributed by atoms with Crippen molar-refractivity contribution in [3.05, 3.63) is 0 Å². The zero-order valence-electron chi connectivity index (χ0n) is 61.4. The first kappa shape index (κ1) is 92.1. The lowest BCUT2D eigenvalue weighted by molar-refractivity contribution is -0.161. The molecule has 558 valence electrons. The van der Waals surface area contributed by atoms with E-state index in [0.717, 1.165) is 114 Å². The van der Waals surface area contributed by atoms with Crippen molar-refractivity contribution in [3.8, 4) is 0 Å². The van der Waals surface area contributed by atoms with Crippen molar-refractivity contribution in [1.29, 1.82) is 0 Å². The second-order valence-electron chi connectivity index (χ2n) is 28.5. The molecule has 0 saturated heterocycles. The van der Waals surface area contributed by atoms with Crippen LogP contribution in [0.3, 0.4) is 0 Å². The Balaban J connectivity index is 5.18. The maximum Gasteiger partial charge on any atom is 0.472 e. The number of carbonyl (C=O) groups is 4. The summed E-state index contributed by atoms with van der Waals surface area (Å²) >= 11 is 0. The van der Waals surface area contributed by atoms with Gasteiger partial charge in [0.05, 0.1) is 26.4 Å². The molecule has 0 rings (SSSR count). The van der Waals surface area contributed by atoms with Gasteiger partial charge in [0, 0.05) is 25.7 Å². The Kier molecular flexibility index (Phi) is 64.3. The number of ether oxygens (including phenoxy) is 4. The summed E-state index contributed by atoms with van der Waals surface area (Å²) in [6.07, 6.45) is 51.5. The summed E-state index contributed by atoms with van der Waals surface area (Å²) in [4.78, 5) is 72.6. The molecule has 5 atom stereocenters. The molecule has 0 heterocycles. The fraction of sp³-hybridized carbons (Fsp3) is 0.947. The molecule has 0 amide bonds. The molecule has 17 nitrogen and oxygen atoms in total. The molecule has 0 spiro atoms. The third-order valence-corrected chi connectivity index (χ3v) is 19.3. The molecule has 0 aliphatic rings. The van der Waals surface area contributed by atoms with Crippen molar-refractivity contribution in [2.24, 2.45) is 17.8 Å². The maximum absolute atomic E-state index is 13.1. The molecule has 19 heteroatoms. The van der Waals surface area contributed by atoms with E-state index in [-0.39, 0.29) is 25.7 Å². The highest BCUT2D eigenvalue weighted by Gasteiger charge is 2.30. The number of hydrogen-bond donors (Lipinski definition) is 3. The van der Waals surface area contributed by atoms with Crippen LogP contribution in [0.15, 0.2) is 0 Å². The van der Waals surface area contributed by atoms with E-state index in [2.05, 4.69) is 48.5 Å². The number of rotatable bonds is 73. The molecule has 0 aliphatic carbocycles. The number of phosphoric ester groups is 2. The third kappa shape index (κ3) is 68.6. The van der Waals surface area contributed by atoms with E-state index in [1.54, 1.807) is 0 Å². The largest absolute Gasteiger partial charge is 0.472 e. The van der Waals surface area contributed by atoms with Crippen molar-refractivity contribution >= 4 is 39.5 Å². The van der Waals surface area contributed by atoms with E-state index in [1.165, 1.54) is 186 Å². The predicted molar refractivity (Wildman–Crippen MR) is 381 cm³/mol. The highest BCUT2D eigenvalue weighted by atomic mass is 31.2. The molecule has 0 bridgehead atoms. The van der Waals surface area contributed by atoms with Gasteiger partial charge in [0.15, 0.2) is 12.2 Å². The van der Waals surface area contributed by atoms with E-state index in [1.807, 2.05) is 0 Å². The Morgan fingerprint density at radius 2 is 0.489 bits per heavy atom. The van der Waals surface area contributed by atoms with Gasteiger partial charge in [-0.1, -0.05) is 331 Å². The first-order valence-electron chi connectivity index (χ1n) is 38.8. The summed E-state index contributed by atoms with van der Waals surface area (Å²) in [7, 11) is -9.90. The molecule has 3 N–H and O–H groups in total. The van der Waals surface area contributed by atoms with Gasteiger partial charge in [0.1, 0.15) is 19.3 Å². The van der Waals surface area contributed by atoms with Gasteiger partial charge in [-0.05, 0) is 43.4 Å². The number of phosphoric acid groups is 2. The van der Waals surface area contributed by atoms with Crippen molar-refractivity contribution in [2.45, 2.75) is 401 Å². The number of carbonyl (C=O) groups excluding carboxylic acids is 4. The monoisotopic (exact) mass is 1380 g/mol. The van der Waals surface area contributed by atoms with E-state index < -0.39 is 97.5 Å². The molecule has 0 radical (unpaired) electrons. The zero-order chi connectivity index (χ0) is 69.4. The second-order valence-corrected chi connectivity index (χ2v) is 31.4. The molecule has 0 aromatic heterocycles. The summed E-state index contributed by atoms with van der Waals surface area (Å²) in [5.74, 6) is 0.186. The Morgan fingerprint density at radius 1 is 0.287 bits per heavy atom. The minimum atomic E-state index is -4.96. The van der Waals surface area contributed by atoms with Gasteiger partial charge in [-0.25, -0.2) is 9.13 Å². The van der Waals surface area contributed by atoms with E-state index in [9.17, 15) is 43.2 Å². The van der Waals surface area contributed by atoms with Gasteiger partial charge in [0.25, 0.3) is 0 Å². The van der Waals surface area contributed by atoms with Gasteiger partial charge in [-0.15, -0.1) is 0 Å². The zero-order valence-corrected chi connectivity index (χ0v) is 63.2. The fourth-order valence-corrected chi connectivity index (χ4v) is 13.0. The van der Waals surface area contributed by atoms with Crippen molar-refractivity contribution in [2.75, 3.05) is 39.6 Å². The number of aliphatic hydroxyl groups excluding tert-OH is 1. The lowest BCUT2D eigenvalue weighted by Crippen LogP contribution is -2.30. The number of aliphatic hydroxyl groups is 1. The lowest BCUT2D eigenvalue weighted by Gasteiger charge is -2.21. The summed E-state index contributed by atoms with van der Waals surface area (Å²) in [6.45, 7) is 11.9. The van der Waals surface area contributed by atoms with Crippen LogP contribution in [-0.4, -0.2) is 96.7 Å². The van der Waals surface area contributed by atoms with Gasteiger partial charge >= 0.3 is 39.5 Å². The average molecular weight is 1380 g/mol. The fourth-order valence-electron chi connectivity index (χ4n) is 11.4. The van der Waals surface area contributed by atoms with E-state index in [0.29, 0.717) is 25.7 Å². The maximum atomic E-state index is 13.1. The summed E-state index contributed by atoms with van der Waals surface area (Å²) in [6, 6.07) is 0. The smallest absolute Gasteiger partial charge is 0.462 e. The molecule has 2 unspecified atom stereocenters. The minimum Gasteiger partial charge on any atom is -0.462 e. The van der Waals surface area contributed by atoms with Crippen LogP contribution in [0.2, 0.25) is 0 Å². The van der Waals surface area contributed by atoms with Crippen molar-refractivity contribution in [3.63, 3.8) is 0 Å². The Hall–Kier alpha value is -1.94. The topological polar surface area (TPSA) is 237 Å². The van der Waals surface area contributed by atoms with Gasteiger partial charge < -0.3 is 33.8 Å². The number of unbranched alkanes of at least 4 members (excludes halogenated alkanes) is 41. The third-order valence-electron chi connectivity index (χ3n) is 17.4. The quantitative estimate of drug-likeness (QED) is 0.0222. The van der Waals surface area contributed by atoms with E-state index >= 15 is 0 Å². The molecular formula is C75H146O17P2. The standard InChI is InChI=1S/C75H146O17P2/c1-8-9-10-11-12-35-42-49-56-72(77)85-62-70(92-75(80)59-52-45-38-31-30-34-41-48-55-68(6)7)64-89-93(81,82)87-60-69(76)61-88-94(83,84)90-65-71(63-86-73(78)57-50-43-36-28-25-21-23-27-33-40-47-54-67(4)5)91-74(79)58-51-44-37-29-24-20-18-16-14-13-15-17-19-22-26-32-39-46-53-66(2)3/h66-71,76H,8-65H2,1-7H3,(H,81,82)(H,83,84)/t69-,70+,71+/m0/s1.